The molecule has 5 nitrogen and oxygen atoms in total. The fraction of sp³-hybridized carbons (Fsp3) is 0.200. The topological polar surface area (TPSA) is 56.0 Å². The number of nitrogens with zero attached hydrogens (tertiary/aromatic N) is 5. The fourth-order valence-electron chi connectivity index (χ4n) is 3.46. The Morgan fingerprint density at radius 3 is 2.53 bits per heavy atom. The Labute approximate surface area is 196 Å². The lowest BCUT2D eigenvalue weighted by Gasteiger charge is -2.09. The summed E-state index contributed by atoms with van der Waals surface area (Å²) in [4.78, 5) is 10.0. The van der Waals surface area contributed by atoms with Crippen molar-refractivity contribution in [3.63, 3.8) is 0 Å². The first-order chi connectivity index (χ1) is 15.6. The second-order valence-electron chi connectivity index (χ2n) is 6.90. The molecule has 160 valence electrons. The minimum atomic E-state index is 0.469. The average molecular weight is 460 g/mol. The maximum atomic E-state index is 6.11. The van der Waals surface area contributed by atoms with Gasteiger partial charge in [-0.15, -0.1) is 21.5 Å². The number of aromatic nitrogens is 4. The predicted molar refractivity (Wildman–Crippen MR) is 131 cm³/mol. The van der Waals surface area contributed by atoms with Gasteiger partial charge in [0.05, 0.1) is 10.6 Å². The number of hydrogen-bond acceptors (Lipinski definition) is 5. The standard InChI is InChI=1S/C23H16ClN5S.C2H6/c1-14-19(10-5-16-4-3-11-25-12-16)30-23-21(14)22(17-6-8-18(24)9-7-17)26-13-20-28-27-15(2)29(20)23;1-2/h3-4,6-9,11-12H,13H2,1-2H3;1-2H3. The van der Waals surface area contributed by atoms with Crippen molar-refractivity contribution in [3.8, 4) is 16.8 Å². The molecule has 1 aliphatic rings. The minimum absolute atomic E-state index is 0.469. The Morgan fingerprint density at radius 1 is 1.03 bits per heavy atom. The van der Waals surface area contributed by atoms with E-state index in [1.807, 2.05) is 57.2 Å². The van der Waals surface area contributed by atoms with Gasteiger partial charge in [-0.2, -0.15) is 0 Å². The van der Waals surface area contributed by atoms with Crippen LogP contribution in [-0.4, -0.2) is 25.5 Å². The zero-order valence-electron chi connectivity index (χ0n) is 18.3. The molecule has 1 aromatic carbocycles. The van der Waals surface area contributed by atoms with Crippen LogP contribution < -0.4 is 0 Å². The van der Waals surface area contributed by atoms with Crippen LogP contribution in [0.3, 0.4) is 0 Å². The molecule has 0 bridgehead atoms. The smallest absolute Gasteiger partial charge is 0.160 e. The van der Waals surface area contributed by atoms with E-state index in [1.54, 1.807) is 23.7 Å². The number of hydrogen-bond donors (Lipinski definition) is 0. The summed E-state index contributed by atoms with van der Waals surface area (Å²) in [7, 11) is 0. The molecule has 0 unspecified atom stereocenters. The van der Waals surface area contributed by atoms with E-state index in [1.165, 1.54) is 0 Å². The minimum Gasteiger partial charge on any atom is -0.276 e. The largest absolute Gasteiger partial charge is 0.276 e. The Balaban J connectivity index is 0.00000119. The molecule has 4 aromatic rings. The molecule has 0 aliphatic carbocycles. The number of pyridine rings is 1. The van der Waals surface area contributed by atoms with E-state index in [0.717, 1.165) is 49.5 Å². The molecule has 1 aliphatic heterocycles. The van der Waals surface area contributed by atoms with E-state index in [-0.39, 0.29) is 0 Å². The first-order valence-electron chi connectivity index (χ1n) is 10.4. The summed E-state index contributed by atoms with van der Waals surface area (Å²) in [6, 6.07) is 11.6. The fourth-order valence-corrected chi connectivity index (χ4v) is 4.82. The molecular formula is C25H22ClN5S. The SMILES string of the molecule is CC.Cc1c(C#Cc2cccnc2)sc2c1C(c1ccc(Cl)cc1)=NCc1nnc(C)n1-2. The number of fused-ring (bicyclic) bond motifs is 3. The third-order valence-corrected chi connectivity index (χ3v) is 6.38. The molecule has 7 heteroatoms. The van der Waals surface area contributed by atoms with Crippen LogP contribution >= 0.6 is 22.9 Å². The highest BCUT2D eigenvalue weighted by atomic mass is 35.5. The summed E-state index contributed by atoms with van der Waals surface area (Å²) in [5.74, 6) is 8.21. The molecule has 0 atom stereocenters. The highest BCUT2D eigenvalue weighted by Gasteiger charge is 2.27. The third-order valence-electron chi connectivity index (χ3n) is 4.94. The number of thiophene rings is 1. The Kier molecular flexibility index (Phi) is 6.50. The van der Waals surface area contributed by atoms with Gasteiger partial charge in [-0.05, 0) is 43.7 Å². The highest BCUT2D eigenvalue weighted by molar-refractivity contribution is 7.15. The zero-order valence-corrected chi connectivity index (χ0v) is 19.9. The summed E-state index contributed by atoms with van der Waals surface area (Å²) >= 11 is 7.75. The first-order valence-corrected chi connectivity index (χ1v) is 11.6. The van der Waals surface area contributed by atoms with Gasteiger partial charge in [0.25, 0.3) is 0 Å². The molecular weight excluding hydrogens is 438 g/mol. The molecule has 5 rings (SSSR count). The van der Waals surface area contributed by atoms with Crippen molar-refractivity contribution < 1.29 is 0 Å². The van der Waals surface area contributed by atoms with E-state index >= 15 is 0 Å². The normalized spacial score (nSPS) is 11.7. The molecule has 0 radical (unpaired) electrons. The molecule has 0 spiro atoms. The second kappa shape index (κ2) is 9.47. The van der Waals surface area contributed by atoms with Crippen LogP contribution in [0.2, 0.25) is 5.02 Å². The van der Waals surface area contributed by atoms with E-state index < -0.39 is 0 Å². The van der Waals surface area contributed by atoms with Gasteiger partial charge in [-0.1, -0.05) is 49.4 Å². The van der Waals surface area contributed by atoms with E-state index in [9.17, 15) is 0 Å². The van der Waals surface area contributed by atoms with Crippen LogP contribution in [0, 0.1) is 25.7 Å². The predicted octanol–water partition coefficient (Wildman–Crippen LogP) is 5.77. The lowest BCUT2D eigenvalue weighted by atomic mass is 10.00. The number of aliphatic imine (C=N–C) groups is 1. The Morgan fingerprint density at radius 2 is 1.81 bits per heavy atom. The van der Waals surface area contributed by atoms with Crippen LogP contribution in [0.15, 0.2) is 53.8 Å². The lowest BCUT2D eigenvalue weighted by molar-refractivity contribution is 0.869. The summed E-state index contributed by atoms with van der Waals surface area (Å²) < 4.78 is 2.09. The van der Waals surface area contributed by atoms with Crippen LogP contribution in [0.1, 0.15) is 52.6 Å². The van der Waals surface area contributed by atoms with Crippen molar-refractivity contribution in [3.05, 3.63) is 92.6 Å². The van der Waals surface area contributed by atoms with Gasteiger partial charge in [-0.25, -0.2) is 0 Å². The molecule has 0 saturated heterocycles. The third kappa shape index (κ3) is 4.10. The van der Waals surface area contributed by atoms with Gasteiger partial charge in [0.2, 0.25) is 0 Å². The quantitative estimate of drug-likeness (QED) is 0.339. The van der Waals surface area contributed by atoms with Crippen molar-refractivity contribution in [1.82, 2.24) is 19.7 Å². The maximum Gasteiger partial charge on any atom is 0.160 e. The van der Waals surface area contributed by atoms with Gasteiger partial charge < -0.3 is 0 Å². The lowest BCUT2D eigenvalue weighted by Crippen LogP contribution is -2.07. The molecule has 3 aromatic heterocycles. The summed E-state index contributed by atoms with van der Waals surface area (Å²) in [5, 5.41) is 10.4. The molecule has 4 heterocycles. The highest BCUT2D eigenvalue weighted by Crippen LogP contribution is 2.36. The summed E-state index contributed by atoms with van der Waals surface area (Å²) in [6.07, 6.45) is 3.51. The summed E-state index contributed by atoms with van der Waals surface area (Å²) in [6.45, 7) is 8.53. The molecule has 0 fully saturated rings. The number of halogens is 1. The van der Waals surface area contributed by atoms with Gasteiger partial charge in [0.1, 0.15) is 17.4 Å². The van der Waals surface area contributed by atoms with Gasteiger partial charge >= 0.3 is 0 Å². The van der Waals surface area contributed by atoms with Crippen molar-refractivity contribution in [1.29, 1.82) is 0 Å². The first kappa shape index (κ1) is 21.9. The second-order valence-corrected chi connectivity index (χ2v) is 8.33. The van der Waals surface area contributed by atoms with Crippen LogP contribution in [-0.2, 0) is 6.54 Å². The monoisotopic (exact) mass is 459 g/mol. The van der Waals surface area contributed by atoms with Crippen molar-refractivity contribution in [2.45, 2.75) is 34.2 Å². The molecule has 32 heavy (non-hydrogen) atoms. The van der Waals surface area contributed by atoms with Gasteiger partial charge in [0, 0.05) is 34.1 Å². The van der Waals surface area contributed by atoms with Crippen LogP contribution in [0.5, 0.6) is 0 Å². The number of aryl methyl sites for hydroxylation is 1. The van der Waals surface area contributed by atoms with Gasteiger partial charge in [0.15, 0.2) is 5.82 Å². The van der Waals surface area contributed by atoms with Crippen LogP contribution in [0.25, 0.3) is 5.00 Å². The van der Waals surface area contributed by atoms with Crippen molar-refractivity contribution in [2.24, 2.45) is 4.99 Å². The number of benzene rings is 1. The molecule has 0 N–H and O–H groups in total. The molecule has 0 saturated carbocycles. The van der Waals surface area contributed by atoms with Crippen molar-refractivity contribution in [2.75, 3.05) is 0 Å². The van der Waals surface area contributed by atoms with E-state index in [2.05, 4.69) is 38.5 Å². The van der Waals surface area contributed by atoms with Gasteiger partial charge in [-0.3, -0.25) is 14.5 Å². The van der Waals surface area contributed by atoms with E-state index in [4.69, 9.17) is 16.6 Å². The average Bonchev–Trinajstić information content (AvgIpc) is 3.29. The Hall–Kier alpha value is -3.27. The Bertz CT molecular complexity index is 1340. The zero-order chi connectivity index (χ0) is 22.7. The summed E-state index contributed by atoms with van der Waals surface area (Å²) in [5.41, 5.74) is 4.99. The molecule has 0 amide bonds. The van der Waals surface area contributed by atoms with Crippen molar-refractivity contribution >= 4 is 28.6 Å². The van der Waals surface area contributed by atoms with Crippen LogP contribution in [0.4, 0.5) is 0 Å². The maximum absolute atomic E-state index is 6.11. The van der Waals surface area contributed by atoms with E-state index in [0.29, 0.717) is 11.6 Å². The number of rotatable bonds is 1.